The lowest BCUT2D eigenvalue weighted by atomic mass is 10.1. The highest BCUT2D eigenvalue weighted by molar-refractivity contribution is 6.14. The van der Waals surface area contributed by atoms with Crippen LogP contribution in [0.15, 0.2) is 101 Å². The number of aliphatic imine (C=N–C) groups is 2. The molecule has 0 fully saturated rings. The molecule has 4 amide bonds. The number of hydrogen-bond acceptors (Lipinski definition) is 11. The number of aryl methyl sites for hydroxylation is 1. The van der Waals surface area contributed by atoms with Crippen molar-refractivity contribution in [1.82, 2.24) is 10.6 Å². The Bertz CT molecular complexity index is 2680. The minimum absolute atomic E-state index is 0.00679. The molecule has 0 aliphatic carbocycles. The van der Waals surface area contributed by atoms with E-state index in [0.29, 0.717) is 70.2 Å². The number of nitrogens with zero attached hydrogens (tertiary/aromatic N) is 4. The summed E-state index contributed by atoms with van der Waals surface area (Å²) in [4.78, 5) is 75.3. The first kappa shape index (κ1) is 41.9. The average molecular weight is 849 g/mol. The molecule has 0 bridgehead atoms. The summed E-state index contributed by atoms with van der Waals surface area (Å²) in [6, 6.07) is 27.0. The molecule has 1 unspecified atom stereocenters. The van der Waals surface area contributed by atoms with Gasteiger partial charge in [0, 0.05) is 54.3 Å². The molecule has 63 heavy (non-hydrogen) atoms. The Balaban J connectivity index is 1.04. The zero-order valence-corrected chi connectivity index (χ0v) is 34.8. The highest BCUT2D eigenvalue weighted by atomic mass is 16.5. The van der Waals surface area contributed by atoms with Crippen molar-refractivity contribution in [3.8, 4) is 23.0 Å². The van der Waals surface area contributed by atoms with Crippen molar-refractivity contribution in [3.05, 3.63) is 130 Å². The van der Waals surface area contributed by atoms with E-state index in [9.17, 15) is 24.0 Å². The maximum atomic E-state index is 13.9. The number of aldehydes is 1. The molecular weight excluding hydrogens is 805 g/mol. The van der Waals surface area contributed by atoms with Crippen molar-refractivity contribution < 1.29 is 42.9 Å². The Morgan fingerprint density at radius 1 is 0.810 bits per heavy atom. The molecule has 0 saturated carbocycles. The second-order valence-corrected chi connectivity index (χ2v) is 15.1. The van der Waals surface area contributed by atoms with Gasteiger partial charge in [-0.15, -0.1) is 0 Å². The van der Waals surface area contributed by atoms with Crippen LogP contribution in [0.2, 0.25) is 0 Å². The Labute approximate surface area is 363 Å². The van der Waals surface area contributed by atoms with E-state index in [4.69, 9.17) is 28.9 Å². The predicted molar refractivity (Wildman–Crippen MR) is 237 cm³/mol. The van der Waals surface area contributed by atoms with Gasteiger partial charge in [-0.3, -0.25) is 34.1 Å². The predicted octanol–water partition coefficient (Wildman–Crippen LogP) is 5.79. The minimum atomic E-state index is -0.542. The number of amides is 4. The molecule has 15 nitrogen and oxygen atoms in total. The number of carbonyl (C=O) groups excluding carboxylic acids is 5. The number of para-hydroxylation sites is 2. The minimum Gasteiger partial charge on any atom is -0.493 e. The standard InChI is InChI=1S/C48H44N6O9/c1-29-14-42(60-2)44(21-38(29)50-23-35-18-32-8-4-6-10-40(32)53(35)28-56)62-26-30-15-31(17-34(16-30)47(58)52-25-46(57)49-12-13-55)27-63-45-22-39-37(20-43(45)61-3)48(59)54-36(24-51-39)19-33-9-5-7-11-41(33)54/h4-11,13-17,20-24,28,35-36H,12,18-19,25-27H2,1-3H3,(H,49,57)(H,52,58)/t35-,36?/m0/s1. The number of carbonyl (C=O) groups is 5. The van der Waals surface area contributed by atoms with Crippen LogP contribution in [0, 0.1) is 6.92 Å². The van der Waals surface area contributed by atoms with Gasteiger partial charge in [-0.1, -0.05) is 36.4 Å². The van der Waals surface area contributed by atoms with Crippen LogP contribution >= 0.6 is 0 Å². The number of hydrogen-bond donors (Lipinski definition) is 2. The topological polar surface area (TPSA) is 178 Å². The third kappa shape index (κ3) is 8.84. The Morgan fingerprint density at radius 2 is 1.48 bits per heavy atom. The third-order valence-corrected chi connectivity index (χ3v) is 11.1. The largest absolute Gasteiger partial charge is 0.493 e. The number of methoxy groups -OCH3 is 2. The Morgan fingerprint density at radius 3 is 2.17 bits per heavy atom. The smallest absolute Gasteiger partial charge is 0.261 e. The van der Waals surface area contributed by atoms with Gasteiger partial charge in [-0.2, -0.15) is 0 Å². The van der Waals surface area contributed by atoms with Gasteiger partial charge in [0.2, 0.25) is 12.3 Å². The summed E-state index contributed by atoms with van der Waals surface area (Å²) in [6.45, 7) is 1.34. The molecule has 8 rings (SSSR count). The number of ether oxygens (including phenoxy) is 4. The average Bonchev–Trinajstić information content (AvgIpc) is 3.83. The number of anilines is 2. The van der Waals surface area contributed by atoms with Crippen LogP contribution in [0.1, 0.15) is 48.5 Å². The monoisotopic (exact) mass is 848 g/mol. The fraction of sp³-hybridized carbons (Fsp3) is 0.229. The van der Waals surface area contributed by atoms with Gasteiger partial charge in [-0.05, 0) is 77.2 Å². The molecule has 320 valence electrons. The number of nitrogens with one attached hydrogen (secondary N) is 2. The number of fused-ring (bicyclic) bond motifs is 5. The van der Waals surface area contributed by atoms with Gasteiger partial charge in [0.05, 0.1) is 56.3 Å². The van der Waals surface area contributed by atoms with E-state index in [1.165, 1.54) is 14.2 Å². The molecular formula is C48H44N6O9. The zero-order valence-electron chi connectivity index (χ0n) is 34.8. The fourth-order valence-electron chi connectivity index (χ4n) is 7.98. The van der Waals surface area contributed by atoms with Crippen LogP contribution in [0.4, 0.5) is 22.7 Å². The summed E-state index contributed by atoms with van der Waals surface area (Å²) in [5, 5.41) is 5.00. The van der Waals surface area contributed by atoms with Crippen LogP contribution in [-0.4, -0.2) is 82.2 Å². The van der Waals surface area contributed by atoms with Gasteiger partial charge < -0.3 is 39.3 Å². The summed E-state index contributed by atoms with van der Waals surface area (Å²) < 4.78 is 24.0. The van der Waals surface area contributed by atoms with Crippen molar-refractivity contribution in [2.75, 3.05) is 37.1 Å². The molecule has 5 aromatic rings. The maximum Gasteiger partial charge on any atom is 0.261 e. The highest BCUT2D eigenvalue weighted by Gasteiger charge is 2.36. The van der Waals surface area contributed by atoms with Gasteiger partial charge in [0.15, 0.2) is 23.0 Å². The van der Waals surface area contributed by atoms with Crippen LogP contribution in [0.5, 0.6) is 23.0 Å². The fourth-order valence-corrected chi connectivity index (χ4v) is 7.98. The van der Waals surface area contributed by atoms with Gasteiger partial charge in [0.1, 0.15) is 19.5 Å². The van der Waals surface area contributed by atoms with Crippen LogP contribution in [0.25, 0.3) is 0 Å². The number of benzene rings is 5. The van der Waals surface area contributed by atoms with Crippen molar-refractivity contribution in [1.29, 1.82) is 0 Å². The molecule has 3 aliphatic heterocycles. The summed E-state index contributed by atoms with van der Waals surface area (Å²) in [5.74, 6) is 0.251. The van der Waals surface area contributed by atoms with Crippen LogP contribution in [-0.2, 0) is 40.4 Å². The zero-order chi connectivity index (χ0) is 44.0. The summed E-state index contributed by atoms with van der Waals surface area (Å²) in [7, 11) is 3.02. The highest BCUT2D eigenvalue weighted by Crippen LogP contribution is 2.41. The molecule has 3 aliphatic rings. The van der Waals surface area contributed by atoms with E-state index in [1.807, 2.05) is 67.6 Å². The molecule has 0 saturated heterocycles. The van der Waals surface area contributed by atoms with Crippen molar-refractivity contribution in [2.45, 2.75) is 45.1 Å². The quantitative estimate of drug-likeness (QED) is 0.0919. The van der Waals surface area contributed by atoms with E-state index >= 15 is 0 Å². The molecule has 3 heterocycles. The first-order valence-corrected chi connectivity index (χ1v) is 20.3. The van der Waals surface area contributed by atoms with Crippen molar-refractivity contribution >= 4 is 65.6 Å². The second-order valence-electron chi connectivity index (χ2n) is 15.1. The third-order valence-electron chi connectivity index (χ3n) is 11.1. The van der Waals surface area contributed by atoms with Crippen molar-refractivity contribution in [2.24, 2.45) is 9.98 Å². The van der Waals surface area contributed by atoms with E-state index in [-0.39, 0.29) is 49.9 Å². The first-order valence-electron chi connectivity index (χ1n) is 20.3. The Hall–Kier alpha value is -7.81. The SMILES string of the molecule is COc1cc(C)c(N=C[C@@H]2Cc3ccccc3N2C=O)cc1OCc1cc(COc2cc3c(cc2OC)C(=O)N2c4ccccc4CC2C=N3)cc(C(=O)NCC(=O)NCC=O)c1. The van der Waals surface area contributed by atoms with Crippen molar-refractivity contribution in [3.63, 3.8) is 0 Å². The van der Waals surface area contributed by atoms with E-state index in [2.05, 4.69) is 10.6 Å². The second kappa shape index (κ2) is 18.4. The van der Waals surface area contributed by atoms with Crippen LogP contribution in [0.3, 0.4) is 0 Å². The normalized spacial score (nSPS) is 15.8. The molecule has 5 aromatic carbocycles. The van der Waals surface area contributed by atoms with Crippen LogP contribution < -0.4 is 39.4 Å². The molecule has 15 heteroatoms. The Kier molecular flexibility index (Phi) is 12.3. The molecule has 0 spiro atoms. The lowest BCUT2D eigenvalue weighted by Gasteiger charge is -2.22. The van der Waals surface area contributed by atoms with Gasteiger partial charge in [0.25, 0.3) is 11.8 Å². The molecule has 0 radical (unpaired) electrons. The molecule has 0 aromatic heterocycles. The molecule has 2 N–H and O–H groups in total. The summed E-state index contributed by atoms with van der Waals surface area (Å²) in [6.07, 6.45) is 6.19. The van der Waals surface area contributed by atoms with E-state index < -0.39 is 11.8 Å². The van der Waals surface area contributed by atoms with E-state index in [0.717, 1.165) is 34.5 Å². The first-order chi connectivity index (χ1) is 30.7. The lowest BCUT2D eigenvalue weighted by Crippen LogP contribution is -2.37. The van der Waals surface area contributed by atoms with Gasteiger partial charge in [-0.25, -0.2) is 0 Å². The summed E-state index contributed by atoms with van der Waals surface area (Å²) >= 11 is 0. The maximum absolute atomic E-state index is 13.9. The molecule has 2 atom stereocenters. The lowest BCUT2D eigenvalue weighted by molar-refractivity contribution is -0.121. The van der Waals surface area contributed by atoms with E-state index in [1.54, 1.807) is 52.6 Å². The van der Waals surface area contributed by atoms with Gasteiger partial charge >= 0.3 is 0 Å². The summed E-state index contributed by atoms with van der Waals surface area (Å²) in [5.41, 5.74) is 7.50. The number of rotatable bonds is 16.